The number of likely N-dealkylation sites (tertiary alicyclic amines) is 1. The normalized spacial score (nSPS) is 21.1. The van der Waals surface area contributed by atoms with Gasteiger partial charge in [-0.3, -0.25) is 19.9 Å². The topological polar surface area (TPSA) is 84.0 Å². The Bertz CT molecular complexity index is 831. The van der Waals surface area contributed by atoms with Crippen LogP contribution in [0.25, 0.3) is 11.3 Å². The van der Waals surface area contributed by atoms with E-state index in [4.69, 9.17) is 9.15 Å². The quantitative estimate of drug-likeness (QED) is 0.603. The van der Waals surface area contributed by atoms with Crippen LogP contribution in [-0.4, -0.2) is 67.1 Å². The van der Waals surface area contributed by atoms with Crippen molar-refractivity contribution in [3.8, 4) is 17.1 Å². The molecule has 4 rings (SSSR count). The monoisotopic (exact) mass is 386 g/mol. The molecule has 150 valence electrons. The number of rotatable bonds is 6. The van der Waals surface area contributed by atoms with E-state index in [0.717, 1.165) is 51.6 Å². The van der Waals surface area contributed by atoms with E-state index in [9.17, 15) is 10.1 Å². The van der Waals surface area contributed by atoms with Crippen LogP contribution in [0.4, 0.5) is 5.69 Å². The van der Waals surface area contributed by atoms with Gasteiger partial charge in [0.25, 0.3) is 5.69 Å². The third-order valence-electron chi connectivity index (χ3n) is 5.62. The van der Waals surface area contributed by atoms with Gasteiger partial charge in [0.1, 0.15) is 17.3 Å². The average molecular weight is 386 g/mol. The highest BCUT2D eigenvalue weighted by Gasteiger charge is 2.29. The molecule has 2 aliphatic heterocycles. The summed E-state index contributed by atoms with van der Waals surface area (Å²) in [6, 6.07) is 9.16. The van der Waals surface area contributed by atoms with Gasteiger partial charge in [-0.15, -0.1) is 0 Å². The maximum Gasteiger partial charge on any atom is 0.284 e. The van der Waals surface area contributed by atoms with Gasteiger partial charge in [-0.2, -0.15) is 0 Å². The second-order valence-electron chi connectivity index (χ2n) is 7.37. The first-order valence-electron chi connectivity index (χ1n) is 9.72. The van der Waals surface area contributed by atoms with Crippen molar-refractivity contribution >= 4 is 5.69 Å². The number of piperazine rings is 1. The summed E-state index contributed by atoms with van der Waals surface area (Å²) in [5.41, 5.74) is 0.456. The lowest BCUT2D eigenvalue weighted by Gasteiger charge is -2.32. The minimum absolute atomic E-state index is 0.0137. The molecule has 0 radical (unpaired) electrons. The molecular formula is C20H26N4O4. The molecule has 28 heavy (non-hydrogen) atoms. The molecule has 2 saturated heterocycles. The minimum Gasteiger partial charge on any atom is -0.497 e. The molecule has 1 aromatic carbocycles. The van der Waals surface area contributed by atoms with Gasteiger partial charge in [0.05, 0.1) is 30.2 Å². The zero-order chi connectivity index (χ0) is 19.5. The lowest BCUT2D eigenvalue weighted by atomic mass is 10.1. The Morgan fingerprint density at radius 3 is 2.82 bits per heavy atom. The van der Waals surface area contributed by atoms with Crippen LogP contribution in [0.2, 0.25) is 0 Å². The van der Waals surface area contributed by atoms with Crippen LogP contribution in [0, 0.1) is 10.1 Å². The molecule has 2 fully saturated rings. The fourth-order valence-electron chi connectivity index (χ4n) is 4.13. The number of nitrogens with zero attached hydrogens (tertiary/aromatic N) is 3. The number of nitro groups is 1. The number of hydrogen-bond donors (Lipinski definition) is 1. The first kappa shape index (κ1) is 18.9. The third-order valence-corrected chi connectivity index (χ3v) is 5.62. The van der Waals surface area contributed by atoms with Crippen LogP contribution in [0.5, 0.6) is 5.75 Å². The summed E-state index contributed by atoms with van der Waals surface area (Å²) in [7, 11) is 1.49. The first-order valence-corrected chi connectivity index (χ1v) is 9.72. The largest absolute Gasteiger partial charge is 0.497 e. The van der Waals surface area contributed by atoms with E-state index in [1.54, 1.807) is 12.1 Å². The number of furan rings is 1. The predicted octanol–water partition coefficient (Wildman–Crippen LogP) is 2.34. The molecule has 0 amide bonds. The van der Waals surface area contributed by atoms with E-state index >= 15 is 0 Å². The van der Waals surface area contributed by atoms with E-state index < -0.39 is 4.92 Å². The van der Waals surface area contributed by atoms with E-state index in [0.29, 0.717) is 23.1 Å². The van der Waals surface area contributed by atoms with Crippen LogP contribution < -0.4 is 10.1 Å². The molecule has 1 N–H and O–H groups in total. The molecule has 1 atom stereocenters. The highest BCUT2D eigenvalue weighted by molar-refractivity contribution is 5.71. The summed E-state index contributed by atoms with van der Waals surface area (Å²) in [6.45, 7) is 7.19. The molecule has 0 saturated carbocycles. The van der Waals surface area contributed by atoms with Crippen molar-refractivity contribution in [2.75, 3.05) is 46.4 Å². The number of nitro benzene ring substituents is 1. The van der Waals surface area contributed by atoms with Gasteiger partial charge in [0, 0.05) is 45.3 Å². The van der Waals surface area contributed by atoms with Crippen LogP contribution in [0.15, 0.2) is 34.7 Å². The summed E-state index contributed by atoms with van der Waals surface area (Å²) in [5.74, 6) is 1.81. The fourth-order valence-corrected chi connectivity index (χ4v) is 4.13. The first-order chi connectivity index (χ1) is 13.6. The molecule has 0 aliphatic carbocycles. The van der Waals surface area contributed by atoms with Crippen molar-refractivity contribution in [3.63, 3.8) is 0 Å². The Labute approximate surface area is 164 Å². The highest BCUT2D eigenvalue weighted by Crippen LogP contribution is 2.34. The third kappa shape index (κ3) is 4.04. The Morgan fingerprint density at radius 2 is 2.07 bits per heavy atom. The molecular weight excluding hydrogens is 360 g/mol. The van der Waals surface area contributed by atoms with Crippen LogP contribution in [-0.2, 0) is 6.54 Å². The minimum atomic E-state index is -0.404. The second-order valence-corrected chi connectivity index (χ2v) is 7.37. The maximum absolute atomic E-state index is 11.4. The van der Waals surface area contributed by atoms with Crippen LogP contribution in [0.1, 0.15) is 12.2 Å². The lowest BCUT2D eigenvalue weighted by Crippen LogP contribution is -2.49. The Kier molecular flexibility index (Phi) is 5.61. The van der Waals surface area contributed by atoms with Gasteiger partial charge in [0.2, 0.25) is 0 Å². The molecule has 2 aromatic rings. The van der Waals surface area contributed by atoms with Crippen molar-refractivity contribution in [1.82, 2.24) is 15.1 Å². The van der Waals surface area contributed by atoms with Gasteiger partial charge in [-0.1, -0.05) is 0 Å². The van der Waals surface area contributed by atoms with Gasteiger partial charge in [-0.05, 0) is 30.7 Å². The number of benzene rings is 1. The molecule has 1 aromatic heterocycles. The van der Waals surface area contributed by atoms with Crippen LogP contribution >= 0.6 is 0 Å². The fraction of sp³-hybridized carbons (Fsp3) is 0.500. The van der Waals surface area contributed by atoms with E-state index in [1.807, 2.05) is 12.1 Å². The van der Waals surface area contributed by atoms with Gasteiger partial charge in [0.15, 0.2) is 0 Å². The summed E-state index contributed by atoms with van der Waals surface area (Å²) in [4.78, 5) is 16.0. The van der Waals surface area contributed by atoms with Gasteiger partial charge >= 0.3 is 0 Å². The van der Waals surface area contributed by atoms with E-state index in [1.165, 1.54) is 19.6 Å². The number of nitrogens with one attached hydrogen (secondary N) is 1. The summed E-state index contributed by atoms with van der Waals surface area (Å²) >= 11 is 0. The zero-order valence-corrected chi connectivity index (χ0v) is 16.1. The lowest BCUT2D eigenvalue weighted by molar-refractivity contribution is -0.384. The van der Waals surface area contributed by atoms with E-state index in [2.05, 4.69) is 15.1 Å². The van der Waals surface area contributed by atoms with Crippen molar-refractivity contribution in [2.45, 2.75) is 19.0 Å². The SMILES string of the molecule is COc1ccc(-c2ccc(CN3CCC(N4CCNCC4)C3)o2)c([N+](=O)[O-])c1. The van der Waals surface area contributed by atoms with E-state index in [-0.39, 0.29) is 5.69 Å². The van der Waals surface area contributed by atoms with Crippen LogP contribution in [0.3, 0.4) is 0 Å². The number of ether oxygens (including phenoxy) is 1. The van der Waals surface area contributed by atoms with Gasteiger partial charge in [-0.25, -0.2) is 0 Å². The Morgan fingerprint density at radius 1 is 1.25 bits per heavy atom. The number of methoxy groups -OCH3 is 1. The molecule has 1 unspecified atom stereocenters. The molecule has 0 spiro atoms. The van der Waals surface area contributed by atoms with Gasteiger partial charge < -0.3 is 14.5 Å². The van der Waals surface area contributed by atoms with Crippen molar-refractivity contribution in [1.29, 1.82) is 0 Å². The highest BCUT2D eigenvalue weighted by atomic mass is 16.6. The summed E-state index contributed by atoms with van der Waals surface area (Å²) < 4.78 is 11.1. The summed E-state index contributed by atoms with van der Waals surface area (Å²) in [6.07, 6.45) is 1.18. The molecule has 3 heterocycles. The smallest absolute Gasteiger partial charge is 0.284 e. The second kappa shape index (κ2) is 8.30. The Hall–Kier alpha value is -2.42. The zero-order valence-electron chi connectivity index (χ0n) is 16.1. The average Bonchev–Trinajstić information content (AvgIpc) is 3.38. The molecule has 0 bridgehead atoms. The molecule has 2 aliphatic rings. The summed E-state index contributed by atoms with van der Waals surface area (Å²) in [5, 5.41) is 14.8. The molecule has 8 nitrogen and oxygen atoms in total. The van der Waals surface area contributed by atoms with Crippen molar-refractivity contribution < 1.29 is 14.1 Å². The predicted molar refractivity (Wildman–Crippen MR) is 105 cm³/mol. The van der Waals surface area contributed by atoms with Crippen molar-refractivity contribution in [3.05, 3.63) is 46.2 Å². The van der Waals surface area contributed by atoms with Crippen molar-refractivity contribution in [2.24, 2.45) is 0 Å². The molecule has 8 heteroatoms. The maximum atomic E-state index is 11.4. The number of hydrogen-bond acceptors (Lipinski definition) is 7. The Balaban J connectivity index is 1.43. The standard InChI is InChI=1S/C20H26N4O4/c1-27-16-2-4-18(19(12-16)24(25)26)20-5-3-17(28-20)14-22-9-6-15(13-22)23-10-7-21-8-11-23/h2-5,12,15,21H,6-11,13-14H2,1H3.